The quantitative estimate of drug-likeness (QED) is 0.509. The second-order valence-electron chi connectivity index (χ2n) is 7.44. The number of aromatic nitrogens is 3. The molecule has 3 N–H and O–H groups in total. The molecular weight excluding hydrogens is 473 g/mol. The molecule has 33 heavy (non-hydrogen) atoms. The predicted octanol–water partition coefficient (Wildman–Crippen LogP) is 3.59. The van der Waals surface area contributed by atoms with Crippen molar-refractivity contribution in [2.75, 3.05) is 16.2 Å². The van der Waals surface area contributed by atoms with Crippen LogP contribution in [-0.2, 0) is 10.0 Å². The van der Waals surface area contributed by atoms with Gasteiger partial charge in [0.05, 0.1) is 12.2 Å². The number of nitrogens with two attached hydrogens (primary N) is 1. The van der Waals surface area contributed by atoms with Crippen LogP contribution in [0.5, 0.6) is 0 Å². The van der Waals surface area contributed by atoms with Gasteiger partial charge in [-0.25, -0.2) is 22.2 Å². The van der Waals surface area contributed by atoms with Crippen LogP contribution in [0.4, 0.5) is 33.6 Å². The van der Waals surface area contributed by atoms with Crippen molar-refractivity contribution in [1.29, 1.82) is 0 Å². The second kappa shape index (κ2) is 8.57. The summed E-state index contributed by atoms with van der Waals surface area (Å²) in [4.78, 5) is 20.9. The van der Waals surface area contributed by atoms with E-state index in [1.807, 2.05) is 0 Å². The number of rotatable bonds is 6. The van der Waals surface area contributed by atoms with Crippen molar-refractivity contribution in [3.63, 3.8) is 0 Å². The Morgan fingerprint density at radius 1 is 1.15 bits per heavy atom. The van der Waals surface area contributed by atoms with E-state index in [0.717, 1.165) is 0 Å². The minimum absolute atomic E-state index is 0.0803. The Balaban J connectivity index is 2.08. The standard InChI is InChI=1S/C19H18F5N5O3S/c1-9(2)29-16-11(8-26-18(25)27-16)5-12(17(29)30)10-6-13(20)15(14(21)7-10)28-33(31,32)4-3-19(22,23)24/h5-9,28H,3-4H2,1-2H3,(H2,25,26,27). The molecule has 14 heteroatoms. The first-order valence-electron chi connectivity index (χ1n) is 9.43. The molecule has 8 nitrogen and oxygen atoms in total. The zero-order valence-electron chi connectivity index (χ0n) is 17.2. The van der Waals surface area contributed by atoms with Gasteiger partial charge in [0, 0.05) is 23.2 Å². The number of nitrogens with one attached hydrogen (secondary N) is 1. The van der Waals surface area contributed by atoms with E-state index in [4.69, 9.17) is 5.73 Å². The number of nitrogen functional groups attached to an aromatic ring is 1. The van der Waals surface area contributed by atoms with Gasteiger partial charge in [0.25, 0.3) is 5.56 Å². The van der Waals surface area contributed by atoms with E-state index in [1.165, 1.54) is 21.6 Å². The highest BCUT2D eigenvalue weighted by Gasteiger charge is 2.30. The number of nitrogens with zero attached hydrogens (tertiary/aromatic N) is 3. The van der Waals surface area contributed by atoms with Crippen LogP contribution in [0.15, 0.2) is 29.2 Å². The van der Waals surface area contributed by atoms with Crippen molar-refractivity contribution in [2.24, 2.45) is 0 Å². The molecule has 2 heterocycles. The number of halogens is 5. The lowest BCUT2D eigenvalue weighted by Gasteiger charge is -2.16. The van der Waals surface area contributed by atoms with E-state index >= 15 is 0 Å². The van der Waals surface area contributed by atoms with Crippen LogP contribution >= 0.6 is 0 Å². The number of hydrogen-bond acceptors (Lipinski definition) is 6. The second-order valence-corrected chi connectivity index (χ2v) is 9.28. The summed E-state index contributed by atoms with van der Waals surface area (Å²) in [6.07, 6.45) is -5.13. The van der Waals surface area contributed by atoms with Gasteiger partial charge in [-0.05, 0) is 37.6 Å². The van der Waals surface area contributed by atoms with Crippen molar-refractivity contribution >= 4 is 32.7 Å². The maximum atomic E-state index is 14.6. The average Bonchev–Trinajstić information content (AvgIpc) is 2.68. The van der Waals surface area contributed by atoms with Crippen molar-refractivity contribution < 1.29 is 30.4 Å². The van der Waals surface area contributed by atoms with Gasteiger partial charge in [-0.3, -0.25) is 14.1 Å². The van der Waals surface area contributed by atoms with E-state index in [-0.39, 0.29) is 22.7 Å². The average molecular weight is 491 g/mol. The fourth-order valence-corrected chi connectivity index (χ4v) is 4.21. The molecule has 0 unspecified atom stereocenters. The lowest BCUT2D eigenvalue weighted by Crippen LogP contribution is -2.25. The van der Waals surface area contributed by atoms with Gasteiger partial charge < -0.3 is 5.73 Å². The zero-order valence-corrected chi connectivity index (χ0v) is 18.1. The highest BCUT2D eigenvalue weighted by molar-refractivity contribution is 7.92. The maximum Gasteiger partial charge on any atom is 0.390 e. The van der Waals surface area contributed by atoms with Crippen LogP contribution in [0.2, 0.25) is 0 Å². The van der Waals surface area contributed by atoms with Gasteiger partial charge in [0.15, 0.2) is 11.6 Å². The molecule has 0 saturated heterocycles. The van der Waals surface area contributed by atoms with Gasteiger partial charge in [-0.1, -0.05) is 0 Å². The number of fused-ring (bicyclic) bond motifs is 1. The molecular formula is C19H18F5N5O3S. The molecule has 0 radical (unpaired) electrons. The summed E-state index contributed by atoms with van der Waals surface area (Å²) in [5.74, 6) is -4.32. The SMILES string of the molecule is CC(C)n1c(=O)c(-c2cc(F)c(NS(=O)(=O)CCC(F)(F)F)c(F)c2)cc2cnc(N)nc21. The molecule has 0 aliphatic carbocycles. The van der Waals surface area contributed by atoms with Crippen LogP contribution in [-0.4, -0.2) is 34.9 Å². The fourth-order valence-electron chi connectivity index (χ4n) is 3.10. The summed E-state index contributed by atoms with van der Waals surface area (Å²) in [5.41, 5.74) is 3.65. The van der Waals surface area contributed by atoms with E-state index in [2.05, 4.69) is 9.97 Å². The lowest BCUT2D eigenvalue weighted by atomic mass is 10.0. The van der Waals surface area contributed by atoms with Gasteiger partial charge in [-0.2, -0.15) is 18.2 Å². The van der Waals surface area contributed by atoms with Gasteiger partial charge in [-0.15, -0.1) is 0 Å². The van der Waals surface area contributed by atoms with Gasteiger partial charge in [0.1, 0.15) is 11.3 Å². The Bertz CT molecular complexity index is 1360. The predicted molar refractivity (Wildman–Crippen MR) is 112 cm³/mol. The number of sulfonamides is 1. The highest BCUT2D eigenvalue weighted by Crippen LogP contribution is 2.29. The minimum Gasteiger partial charge on any atom is -0.368 e. The van der Waals surface area contributed by atoms with Crippen LogP contribution in [0.25, 0.3) is 22.2 Å². The molecule has 0 aliphatic heterocycles. The fraction of sp³-hybridized carbons (Fsp3) is 0.316. The monoisotopic (exact) mass is 491 g/mol. The van der Waals surface area contributed by atoms with E-state index < -0.39 is 57.3 Å². The largest absolute Gasteiger partial charge is 0.390 e. The van der Waals surface area contributed by atoms with Crippen molar-refractivity contribution in [1.82, 2.24) is 14.5 Å². The molecule has 0 aliphatic rings. The molecule has 0 spiro atoms. The van der Waals surface area contributed by atoms with Crippen molar-refractivity contribution in [3.05, 3.63) is 46.4 Å². The summed E-state index contributed by atoms with van der Waals surface area (Å²) in [6, 6.07) is 2.30. The molecule has 178 valence electrons. The molecule has 3 aromatic rings. The summed E-state index contributed by atoms with van der Waals surface area (Å²) >= 11 is 0. The molecule has 1 aromatic carbocycles. The summed E-state index contributed by atoms with van der Waals surface area (Å²) < 4.78 is 92.5. The first-order valence-corrected chi connectivity index (χ1v) is 11.1. The minimum atomic E-state index is -4.77. The molecule has 0 saturated carbocycles. The van der Waals surface area contributed by atoms with E-state index in [0.29, 0.717) is 17.5 Å². The molecule has 0 atom stereocenters. The Labute approximate surface area is 184 Å². The first-order chi connectivity index (χ1) is 15.2. The Kier molecular flexibility index (Phi) is 6.33. The Morgan fingerprint density at radius 3 is 2.30 bits per heavy atom. The lowest BCUT2D eigenvalue weighted by molar-refractivity contribution is -0.129. The van der Waals surface area contributed by atoms with Crippen molar-refractivity contribution in [3.8, 4) is 11.1 Å². The molecule has 0 amide bonds. The van der Waals surface area contributed by atoms with Crippen molar-refractivity contribution in [2.45, 2.75) is 32.5 Å². The summed E-state index contributed by atoms with van der Waals surface area (Å²) in [5, 5.41) is 0.352. The topological polar surface area (TPSA) is 120 Å². The Morgan fingerprint density at radius 2 is 1.76 bits per heavy atom. The first kappa shape index (κ1) is 24.4. The third-order valence-corrected chi connectivity index (χ3v) is 5.83. The normalized spacial score (nSPS) is 12.5. The van der Waals surface area contributed by atoms with Crippen LogP contribution in [0, 0.1) is 11.6 Å². The highest BCUT2D eigenvalue weighted by atomic mass is 32.2. The molecule has 0 fully saturated rings. The van der Waals surface area contributed by atoms with Crippen LogP contribution in [0.1, 0.15) is 26.3 Å². The number of benzene rings is 1. The zero-order chi connectivity index (χ0) is 24.7. The number of alkyl halides is 3. The molecule has 2 aromatic heterocycles. The molecule has 3 rings (SSSR count). The smallest absolute Gasteiger partial charge is 0.368 e. The summed E-state index contributed by atoms with van der Waals surface area (Å²) in [6.45, 7) is 3.37. The van der Waals surface area contributed by atoms with Crippen LogP contribution in [0.3, 0.4) is 0 Å². The number of anilines is 2. The maximum absolute atomic E-state index is 14.6. The Hall–Kier alpha value is -3.29. The van der Waals surface area contributed by atoms with Gasteiger partial charge >= 0.3 is 6.18 Å². The van der Waals surface area contributed by atoms with Gasteiger partial charge in [0.2, 0.25) is 16.0 Å². The molecule has 0 bridgehead atoms. The number of hydrogen-bond donors (Lipinski definition) is 2. The third kappa shape index (κ3) is 5.38. The number of pyridine rings is 1. The van der Waals surface area contributed by atoms with E-state index in [9.17, 15) is 35.2 Å². The third-order valence-electron chi connectivity index (χ3n) is 4.57. The van der Waals surface area contributed by atoms with E-state index in [1.54, 1.807) is 13.8 Å². The van der Waals surface area contributed by atoms with Crippen LogP contribution < -0.4 is 16.0 Å². The summed E-state index contributed by atoms with van der Waals surface area (Å²) in [7, 11) is -4.69.